The average molecular weight is 392 g/mol. The summed E-state index contributed by atoms with van der Waals surface area (Å²) in [5.74, 6) is 0.289. The Hall–Kier alpha value is -2.33. The fraction of sp³-hybridized carbons (Fsp3) is 0.480. The van der Waals surface area contributed by atoms with E-state index in [0.29, 0.717) is 19.4 Å². The van der Waals surface area contributed by atoms with Gasteiger partial charge in [-0.2, -0.15) is 0 Å². The second kappa shape index (κ2) is 6.88. The number of carbonyl (C=O) groups is 1. The fourth-order valence-electron chi connectivity index (χ4n) is 5.70. The monoisotopic (exact) mass is 391 g/mol. The molecule has 2 aromatic rings. The maximum absolute atomic E-state index is 13.0. The predicted molar refractivity (Wildman–Crippen MR) is 113 cm³/mol. The zero-order valence-corrected chi connectivity index (χ0v) is 17.2. The number of piperidine rings is 1. The van der Waals surface area contributed by atoms with Gasteiger partial charge in [-0.25, -0.2) is 4.79 Å². The molecule has 0 spiro atoms. The maximum Gasteiger partial charge on any atom is 0.410 e. The summed E-state index contributed by atoms with van der Waals surface area (Å²) < 4.78 is 5.89. The van der Waals surface area contributed by atoms with Gasteiger partial charge in [-0.15, -0.1) is 0 Å². The molecule has 5 rings (SSSR count). The van der Waals surface area contributed by atoms with Crippen molar-refractivity contribution < 1.29 is 14.6 Å². The van der Waals surface area contributed by atoms with E-state index >= 15 is 0 Å². The maximum atomic E-state index is 13.0. The molecule has 1 N–H and O–H groups in total. The normalized spacial score (nSPS) is 27.8. The highest BCUT2D eigenvalue weighted by atomic mass is 16.6. The number of hydrogen-bond donors (Lipinski definition) is 1. The van der Waals surface area contributed by atoms with E-state index in [1.165, 1.54) is 22.3 Å². The molecule has 0 radical (unpaired) electrons. The molecule has 2 heterocycles. The molecule has 2 atom stereocenters. The van der Waals surface area contributed by atoms with Crippen molar-refractivity contribution in [1.82, 2.24) is 4.90 Å². The number of carbonyl (C=O) groups excluding carboxylic acids is 1. The Morgan fingerprint density at radius 2 is 1.55 bits per heavy atom. The van der Waals surface area contributed by atoms with Gasteiger partial charge in [0, 0.05) is 18.0 Å². The summed E-state index contributed by atoms with van der Waals surface area (Å²) >= 11 is 0. The molecule has 2 unspecified atom stereocenters. The highest BCUT2D eigenvalue weighted by molar-refractivity contribution is 5.79. The Labute approximate surface area is 172 Å². The van der Waals surface area contributed by atoms with E-state index in [4.69, 9.17) is 4.74 Å². The van der Waals surface area contributed by atoms with E-state index in [1.54, 1.807) is 0 Å². The molecule has 2 bridgehead atoms. The van der Waals surface area contributed by atoms with Crippen molar-refractivity contribution in [3.8, 4) is 11.1 Å². The van der Waals surface area contributed by atoms with Crippen molar-refractivity contribution >= 4 is 6.09 Å². The summed E-state index contributed by atoms with van der Waals surface area (Å²) in [6.45, 7) is 4.50. The van der Waals surface area contributed by atoms with Crippen molar-refractivity contribution in [2.24, 2.45) is 5.92 Å². The Balaban J connectivity index is 1.32. The predicted octanol–water partition coefficient (Wildman–Crippen LogP) is 4.95. The van der Waals surface area contributed by atoms with Gasteiger partial charge in [0.05, 0.1) is 5.60 Å². The van der Waals surface area contributed by atoms with Gasteiger partial charge >= 0.3 is 6.09 Å². The number of aliphatic hydroxyl groups is 1. The van der Waals surface area contributed by atoms with Crippen LogP contribution in [0.5, 0.6) is 0 Å². The number of hydrogen-bond acceptors (Lipinski definition) is 3. The number of benzene rings is 2. The molecule has 2 saturated heterocycles. The van der Waals surface area contributed by atoms with Crippen LogP contribution in [0.1, 0.15) is 56.6 Å². The van der Waals surface area contributed by atoms with Crippen LogP contribution < -0.4 is 0 Å². The third-order valence-corrected chi connectivity index (χ3v) is 7.42. The van der Waals surface area contributed by atoms with Crippen molar-refractivity contribution in [2.45, 2.75) is 63.1 Å². The third kappa shape index (κ3) is 2.96. The quantitative estimate of drug-likeness (QED) is 0.805. The van der Waals surface area contributed by atoms with E-state index in [2.05, 4.69) is 62.4 Å². The summed E-state index contributed by atoms with van der Waals surface area (Å²) in [6.07, 6.45) is 3.02. The van der Waals surface area contributed by atoms with Gasteiger partial charge in [0.25, 0.3) is 0 Å². The van der Waals surface area contributed by atoms with Crippen LogP contribution in [0.15, 0.2) is 48.5 Å². The average Bonchev–Trinajstić information content (AvgIpc) is 3.19. The highest BCUT2D eigenvalue weighted by Gasteiger charge is 2.51. The first-order valence-corrected chi connectivity index (χ1v) is 10.8. The summed E-state index contributed by atoms with van der Waals surface area (Å²) in [4.78, 5) is 15.0. The van der Waals surface area contributed by atoms with Gasteiger partial charge in [-0.05, 0) is 53.9 Å². The number of ether oxygens (including phenoxy) is 1. The van der Waals surface area contributed by atoms with Crippen LogP contribution in [0, 0.1) is 5.92 Å². The van der Waals surface area contributed by atoms with Gasteiger partial charge in [-0.3, -0.25) is 0 Å². The largest absolute Gasteiger partial charge is 0.448 e. The summed E-state index contributed by atoms with van der Waals surface area (Å²) in [6, 6.07) is 17.0. The van der Waals surface area contributed by atoms with Crippen molar-refractivity contribution in [3.63, 3.8) is 0 Å². The lowest BCUT2D eigenvalue weighted by molar-refractivity contribution is -0.0778. The molecule has 3 aliphatic rings. The minimum atomic E-state index is -0.661. The molecule has 2 fully saturated rings. The van der Waals surface area contributed by atoms with Crippen LogP contribution in [0.4, 0.5) is 4.79 Å². The SMILES string of the molecule is CC(C)C1(O)CC2CCC(C1)N2C(=O)OCC1c2ccccc2-c2ccccc21. The fourth-order valence-corrected chi connectivity index (χ4v) is 5.70. The van der Waals surface area contributed by atoms with E-state index in [9.17, 15) is 9.90 Å². The topological polar surface area (TPSA) is 49.8 Å². The van der Waals surface area contributed by atoms with Gasteiger partial charge in [-0.1, -0.05) is 62.4 Å². The molecule has 29 heavy (non-hydrogen) atoms. The Kier molecular flexibility index (Phi) is 4.43. The first kappa shape index (κ1) is 18.7. The number of rotatable bonds is 3. The van der Waals surface area contributed by atoms with E-state index in [0.717, 1.165) is 12.8 Å². The van der Waals surface area contributed by atoms with E-state index < -0.39 is 5.60 Å². The first-order valence-electron chi connectivity index (χ1n) is 10.8. The molecule has 0 aromatic heterocycles. The lowest BCUT2D eigenvalue weighted by atomic mass is 9.78. The molecule has 2 aliphatic heterocycles. The van der Waals surface area contributed by atoms with Crippen LogP contribution in [-0.4, -0.2) is 40.4 Å². The number of amides is 1. The lowest BCUT2D eigenvalue weighted by Crippen LogP contribution is -2.55. The van der Waals surface area contributed by atoms with Crippen molar-refractivity contribution in [2.75, 3.05) is 6.61 Å². The van der Waals surface area contributed by atoms with Gasteiger partial charge in [0.15, 0.2) is 0 Å². The minimum absolute atomic E-state index is 0.0846. The number of nitrogens with zero attached hydrogens (tertiary/aromatic N) is 1. The minimum Gasteiger partial charge on any atom is -0.448 e. The zero-order valence-electron chi connectivity index (χ0n) is 17.2. The Morgan fingerprint density at radius 1 is 1.03 bits per heavy atom. The summed E-state index contributed by atoms with van der Waals surface area (Å²) in [7, 11) is 0. The Bertz CT molecular complexity index is 878. The molecular formula is C25H29NO3. The van der Waals surface area contributed by atoms with Crippen LogP contribution in [0.2, 0.25) is 0 Å². The summed E-state index contributed by atoms with van der Waals surface area (Å²) in [5.41, 5.74) is 4.29. The third-order valence-electron chi connectivity index (χ3n) is 7.42. The van der Waals surface area contributed by atoms with E-state index in [1.807, 2.05) is 4.90 Å². The molecule has 1 aliphatic carbocycles. The van der Waals surface area contributed by atoms with Crippen LogP contribution >= 0.6 is 0 Å². The van der Waals surface area contributed by atoms with Crippen LogP contribution in [0.25, 0.3) is 11.1 Å². The zero-order chi connectivity index (χ0) is 20.2. The van der Waals surface area contributed by atoms with Gasteiger partial charge < -0.3 is 14.7 Å². The molecule has 0 saturated carbocycles. The smallest absolute Gasteiger partial charge is 0.410 e. The Morgan fingerprint density at radius 3 is 2.07 bits per heavy atom. The van der Waals surface area contributed by atoms with Gasteiger partial charge in [0.1, 0.15) is 6.61 Å². The molecule has 152 valence electrons. The highest BCUT2D eigenvalue weighted by Crippen LogP contribution is 2.46. The number of fused-ring (bicyclic) bond motifs is 5. The summed E-state index contributed by atoms with van der Waals surface area (Å²) in [5, 5.41) is 11.0. The lowest BCUT2D eigenvalue weighted by Gasteiger charge is -2.45. The molecule has 1 amide bonds. The van der Waals surface area contributed by atoms with Crippen LogP contribution in [0.3, 0.4) is 0 Å². The first-order chi connectivity index (χ1) is 14.0. The standard InChI is InChI=1S/C25H29NO3/c1-16(2)25(28)13-17-11-12-18(14-25)26(17)24(27)29-15-23-21-9-5-3-7-19(21)20-8-4-6-10-22(20)23/h3-10,16-18,23,28H,11-15H2,1-2H3. The van der Waals surface area contributed by atoms with Crippen LogP contribution in [-0.2, 0) is 4.74 Å². The molecular weight excluding hydrogens is 362 g/mol. The second-order valence-electron chi connectivity index (χ2n) is 9.26. The van der Waals surface area contributed by atoms with Gasteiger partial charge in [0.2, 0.25) is 0 Å². The molecule has 2 aromatic carbocycles. The van der Waals surface area contributed by atoms with E-state index in [-0.39, 0.29) is 30.0 Å². The second-order valence-corrected chi connectivity index (χ2v) is 9.26. The van der Waals surface area contributed by atoms with Crippen molar-refractivity contribution in [3.05, 3.63) is 59.7 Å². The van der Waals surface area contributed by atoms with Crippen molar-refractivity contribution in [1.29, 1.82) is 0 Å². The molecule has 4 nitrogen and oxygen atoms in total. The molecule has 4 heteroatoms.